The number of carboxylic acid groups (broad SMARTS) is 1. The van der Waals surface area contributed by atoms with Crippen molar-refractivity contribution in [2.75, 3.05) is 0 Å². The molecule has 0 saturated heterocycles. The number of unbranched alkanes of at least 4 members (excludes halogenated alkanes) is 7. The summed E-state index contributed by atoms with van der Waals surface area (Å²) in [4.78, 5) is 10.6. The van der Waals surface area contributed by atoms with Gasteiger partial charge in [-0.2, -0.15) is 0 Å². The summed E-state index contributed by atoms with van der Waals surface area (Å²) in [7, 11) is 0. The van der Waals surface area contributed by atoms with E-state index >= 15 is 0 Å². The van der Waals surface area contributed by atoms with Gasteiger partial charge in [-0.1, -0.05) is 64.5 Å². The highest BCUT2D eigenvalue weighted by atomic mass is 16.4. The number of aliphatic carboxylic acids is 1. The molecule has 0 bridgehead atoms. The minimum absolute atomic E-state index is 0.0634. The highest BCUT2D eigenvalue weighted by molar-refractivity contribution is 5.66. The van der Waals surface area contributed by atoms with Crippen LogP contribution in [0.2, 0.25) is 0 Å². The third-order valence-electron chi connectivity index (χ3n) is 9.60. The number of hydrogen-bond donors (Lipinski definition) is 3. The van der Waals surface area contributed by atoms with Crippen LogP contribution in [0.1, 0.15) is 107 Å². The number of carbonyl (C=O) groups is 1. The highest BCUT2D eigenvalue weighted by Gasteiger charge is 2.56. The van der Waals surface area contributed by atoms with Crippen LogP contribution in [0.3, 0.4) is 0 Å². The first-order valence-electron chi connectivity index (χ1n) is 13.7. The zero-order valence-electron chi connectivity index (χ0n) is 21.0. The van der Waals surface area contributed by atoms with E-state index < -0.39 is 5.97 Å². The third kappa shape index (κ3) is 5.22. The molecule has 3 aliphatic carbocycles. The van der Waals surface area contributed by atoms with E-state index in [1.165, 1.54) is 49.7 Å². The minimum atomic E-state index is -0.683. The molecule has 3 N–H and O–H groups in total. The molecule has 0 aliphatic heterocycles. The lowest BCUT2D eigenvalue weighted by Crippen LogP contribution is -2.44. The molecule has 0 heterocycles. The Bertz CT molecular complexity index is 877. The van der Waals surface area contributed by atoms with Crippen molar-refractivity contribution in [3.05, 3.63) is 41.5 Å². The molecular weight excluding hydrogens is 424 g/mol. The van der Waals surface area contributed by atoms with Crippen LogP contribution in [0, 0.1) is 23.2 Å². The predicted octanol–water partition coefficient (Wildman–Crippen LogP) is 6.99. The van der Waals surface area contributed by atoms with Crippen LogP contribution in [0.4, 0.5) is 0 Å². The summed E-state index contributed by atoms with van der Waals surface area (Å²) in [6.07, 6.45) is 14.5. The molecule has 4 rings (SSSR count). The zero-order chi connectivity index (χ0) is 24.3. The summed E-state index contributed by atoms with van der Waals surface area (Å²) in [6.45, 7) is 6.68. The van der Waals surface area contributed by atoms with Gasteiger partial charge in [0.25, 0.3) is 0 Å². The molecule has 1 aromatic rings. The van der Waals surface area contributed by atoms with Crippen molar-refractivity contribution < 1.29 is 20.1 Å². The third-order valence-corrected chi connectivity index (χ3v) is 9.60. The molecule has 2 saturated carbocycles. The second-order valence-corrected chi connectivity index (χ2v) is 11.6. The van der Waals surface area contributed by atoms with Gasteiger partial charge < -0.3 is 15.3 Å². The Hall–Kier alpha value is -1.81. The van der Waals surface area contributed by atoms with Crippen LogP contribution in [0.25, 0.3) is 0 Å². The number of carboxylic acids is 1. The number of aromatic hydroxyl groups is 1. The van der Waals surface area contributed by atoms with E-state index in [4.69, 9.17) is 5.11 Å². The largest absolute Gasteiger partial charge is 0.508 e. The number of phenolic OH excluding ortho intramolecular Hbond substituents is 1. The zero-order valence-corrected chi connectivity index (χ0v) is 21.0. The van der Waals surface area contributed by atoms with Crippen molar-refractivity contribution in [1.82, 2.24) is 0 Å². The summed E-state index contributed by atoms with van der Waals surface area (Å²) < 4.78 is 0. The number of aliphatic hydroxyl groups is 1. The standard InChI is InChI=1S/C30H44O4/c1-20-27(32)19-26-29-21(11-9-7-5-3-4-6-8-10-12-28(33)34)17-22-18-23(31)13-14-24(22)25(29)15-16-30(20,26)2/h13-14,18,21,25-27,29,31-32H,1,3-12,15-17,19H2,2H3,(H,33,34)/t21-,25-,26+,27-,29-,30-/m1/s1. The molecule has 0 amide bonds. The normalized spacial score (nSPS) is 32.2. The smallest absolute Gasteiger partial charge is 0.303 e. The van der Waals surface area contributed by atoms with Gasteiger partial charge in [0.15, 0.2) is 0 Å². The van der Waals surface area contributed by atoms with Crippen LogP contribution in [-0.4, -0.2) is 27.4 Å². The number of hydrogen-bond acceptors (Lipinski definition) is 3. The average molecular weight is 469 g/mol. The van der Waals surface area contributed by atoms with E-state index in [9.17, 15) is 15.0 Å². The molecule has 4 nitrogen and oxygen atoms in total. The fourth-order valence-electron chi connectivity index (χ4n) is 7.72. The van der Waals surface area contributed by atoms with Gasteiger partial charge >= 0.3 is 5.97 Å². The molecule has 3 aliphatic rings. The van der Waals surface area contributed by atoms with Crippen molar-refractivity contribution in [2.24, 2.45) is 23.2 Å². The van der Waals surface area contributed by atoms with E-state index in [2.05, 4.69) is 19.6 Å². The SMILES string of the molecule is C=C1[C@H](O)C[C@H]2[C@@H]3[C@H](CCCCCCCCCCC(=O)O)Cc4cc(O)ccc4[C@H]3CC[C@]12C. The molecule has 6 atom stereocenters. The Morgan fingerprint density at radius 3 is 2.47 bits per heavy atom. The van der Waals surface area contributed by atoms with Gasteiger partial charge in [-0.25, -0.2) is 0 Å². The van der Waals surface area contributed by atoms with Gasteiger partial charge in [0.2, 0.25) is 0 Å². The lowest BCUT2D eigenvalue weighted by Gasteiger charge is -2.52. The van der Waals surface area contributed by atoms with E-state index in [1.807, 2.05) is 12.1 Å². The second-order valence-electron chi connectivity index (χ2n) is 11.6. The topological polar surface area (TPSA) is 77.8 Å². The summed E-state index contributed by atoms with van der Waals surface area (Å²) >= 11 is 0. The van der Waals surface area contributed by atoms with Gasteiger partial charge in [0.1, 0.15) is 5.75 Å². The molecule has 0 radical (unpaired) electrons. The van der Waals surface area contributed by atoms with Gasteiger partial charge in [-0.05, 0) is 96.4 Å². The van der Waals surface area contributed by atoms with E-state index in [0.29, 0.717) is 35.8 Å². The Balaban J connectivity index is 1.34. The molecular formula is C30H44O4. The monoisotopic (exact) mass is 468 g/mol. The number of phenols is 1. The van der Waals surface area contributed by atoms with Crippen molar-refractivity contribution >= 4 is 5.97 Å². The van der Waals surface area contributed by atoms with Gasteiger partial charge in [0, 0.05) is 6.42 Å². The Morgan fingerprint density at radius 1 is 1.09 bits per heavy atom. The average Bonchev–Trinajstić information content (AvgIpc) is 3.03. The molecule has 2 fully saturated rings. The summed E-state index contributed by atoms with van der Waals surface area (Å²) in [5.41, 5.74) is 3.91. The van der Waals surface area contributed by atoms with Crippen LogP contribution in [0.5, 0.6) is 5.75 Å². The van der Waals surface area contributed by atoms with E-state index in [0.717, 1.165) is 50.5 Å². The van der Waals surface area contributed by atoms with Crippen LogP contribution in [-0.2, 0) is 11.2 Å². The minimum Gasteiger partial charge on any atom is -0.508 e. The molecule has 188 valence electrons. The molecule has 0 spiro atoms. The lowest BCUT2D eigenvalue weighted by atomic mass is 9.52. The molecule has 34 heavy (non-hydrogen) atoms. The summed E-state index contributed by atoms with van der Waals surface area (Å²) in [6, 6.07) is 6.02. The fourth-order valence-corrected chi connectivity index (χ4v) is 7.72. The van der Waals surface area contributed by atoms with Crippen molar-refractivity contribution in [2.45, 2.75) is 109 Å². The second kappa shape index (κ2) is 10.8. The van der Waals surface area contributed by atoms with Gasteiger partial charge in [-0.15, -0.1) is 0 Å². The summed E-state index contributed by atoms with van der Waals surface area (Å²) in [5.74, 6) is 1.95. The molecule has 4 heteroatoms. The van der Waals surface area contributed by atoms with Crippen molar-refractivity contribution in [3.8, 4) is 5.75 Å². The first-order valence-corrected chi connectivity index (χ1v) is 13.7. The van der Waals surface area contributed by atoms with E-state index in [-0.39, 0.29) is 11.5 Å². The Labute approximate surface area is 205 Å². The number of benzene rings is 1. The van der Waals surface area contributed by atoms with Crippen LogP contribution >= 0.6 is 0 Å². The maximum absolute atomic E-state index is 10.7. The van der Waals surface area contributed by atoms with Crippen molar-refractivity contribution in [3.63, 3.8) is 0 Å². The predicted molar refractivity (Wildman–Crippen MR) is 136 cm³/mol. The fraction of sp³-hybridized carbons (Fsp3) is 0.700. The molecule has 1 aromatic carbocycles. The quantitative estimate of drug-likeness (QED) is 0.242. The highest BCUT2D eigenvalue weighted by Crippen LogP contribution is 2.64. The first-order chi connectivity index (χ1) is 16.3. The molecule has 0 aromatic heterocycles. The number of aliphatic hydroxyl groups excluding tert-OH is 1. The van der Waals surface area contributed by atoms with Gasteiger partial charge in [-0.3, -0.25) is 4.79 Å². The summed E-state index contributed by atoms with van der Waals surface area (Å²) in [5, 5.41) is 29.6. The van der Waals surface area contributed by atoms with Crippen LogP contribution in [0.15, 0.2) is 30.4 Å². The maximum Gasteiger partial charge on any atom is 0.303 e. The first kappa shape index (κ1) is 25.3. The van der Waals surface area contributed by atoms with Gasteiger partial charge in [0.05, 0.1) is 6.10 Å². The van der Waals surface area contributed by atoms with Crippen molar-refractivity contribution in [1.29, 1.82) is 0 Å². The lowest BCUT2D eigenvalue weighted by molar-refractivity contribution is -0.137. The molecule has 0 unspecified atom stereocenters. The Kier molecular flexibility index (Phi) is 8.07. The van der Waals surface area contributed by atoms with Crippen LogP contribution < -0.4 is 0 Å². The van der Waals surface area contributed by atoms with E-state index in [1.54, 1.807) is 0 Å². The maximum atomic E-state index is 10.7. The Morgan fingerprint density at radius 2 is 1.76 bits per heavy atom. The number of fused-ring (bicyclic) bond motifs is 5. The number of rotatable bonds is 11.